The van der Waals surface area contributed by atoms with E-state index < -0.39 is 24.3 Å². The summed E-state index contributed by atoms with van der Waals surface area (Å²) in [5, 5.41) is 9.56. The number of hydrogen-bond donors (Lipinski definition) is 0. The fraction of sp³-hybridized carbons (Fsp3) is 0.0769. The van der Waals surface area contributed by atoms with E-state index >= 15 is 0 Å². The number of allylic oxidation sites excluding steroid dienone is 1. The molecule has 0 unspecified atom stereocenters. The normalized spacial score (nSPS) is 12.8. The van der Waals surface area contributed by atoms with Gasteiger partial charge in [-0.25, -0.2) is 4.79 Å². The molecular weight excluding hydrogens is 420 g/mol. The van der Waals surface area contributed by atoms with Gasteiger partial charge < -0.3 is 9.47 Å². The van der Waals surface area contributed by atoms with E-state index in [9.17, 15) is 19.6 Å². The molecule has 0 aromatic heterocycles. The van der Waals surface area contributed by atoms with Crippen LogP contribution in [-0.4, -0.2) is 36.3 Å². The summed E-state index contributed by atoms with van der Waals surface area (Å²) in [5.41, 5.74) is 2.32. The molecule has 0 atom stereocenters. The predicted octanol–water partition coefficient (Wildman–Crippen LogP) is 3.96. The summed E-state index contributed by atoms with van der Waals surface area (Å²) in [7, 11) is 1.57. The van der Waals surface area contributed by atoms with Crippen molar-refractivity contribution in [2.24, 2.45) is 0 Å². The maximum atomic E-state index is 12.4. The standard InChI is InChI=1S/C26H18N2O5/c1-32-20-11-9-18(10-12-20)19(15-27)13-17-5-4-6-21(14-17)33-24(29)16-28-25(30)22-7-2-3-8-23(22)26(28)31/h2-14H,16H2,1H3/b19-13-. The first kappa shape index (κ1) is 21.5. The minimum Gasteiger partial charge on any atom is -0.497 e. The van der Waals surface area contributed by atoms with Crippen molar-refractivity contribution in [3.05, 3.63) is 95.1 Å². The monoisotopic (exact) mass is 438 g/mol. The van der Waals surface area contributed by atoms with E-state index in [0.717, 1.165) is 4.90 Å². The number of amides is 2. The second-order valence-corrected chi connectivity index (χ2v) is 7.19. The molecule has 1 aliphatic rings. The number of nitrogens with zero attached hydrogens (tertiary/aromatic N) is 2. The second-order valence-electron chi connectivity index (χ2n) is 7.19. The largest absolute Gasteiger partial charge is 0.497 e. The summed E-state index contributed by atoms with van der Waals surface area (Å²) < 4.78 is 10.5. The van der Waals surface area contributed by atoms with Crippen LogP contribution >= 0.6 is 0 Å². The highest BCUT2D eigenvalue weighted by atomic mass is 16.5. The average Bonchev–Trinajstić information content (AvgIpc) is 3.08. The summed E-state index contributed by atoms with van der Waals surface area (Å²) in [6, 6.07) is 22.3. The van der Waals surface area contributed by atoms with Gasteiger partial charge in [0.2, 0.25) is 0 Å². The summed E-state index contributed by atoms with van der Waals surface area (Å²) in [5.74, 6) is -0.883. The van der Waals surface area contributed by atoms with Gasteiger partial charge >= 0.3 is 5.97 Å². The van der Waals surface area contributed by atoms with Crippen molar-refractivity contribution < 1.29 is 23.9 Å². The molecule has 0 fully saturated rings. The highest BCUT2D eigenvalue weighted by Gasteiger charge is 2.36. The van der Waals surface area contributed by atoms with E-state index in [1.54, 1.807) is 86.0 Å². The number of imide groups is 1. The lowest BCUT2D eigenvalue weighted by Crippen LogP contribution is -2.36. The Hall–Kier alpha value is -4.70. The quantitative estimate of drug-likeness (QED) is 0.190. The number of nitriles is 1. The van der Waals surface area contributed by atoms with Crippen LogP contribution < -0.4 is 9.47 Å². The lowest BCUT2D eigenvalue weighted by molar-refractivity contribution is -0.134. The zero-order valence-corrected chi connectivity index (χ0v) is 17.6. The number of hydrogen-bond acceptors (Lipinski definition) is 6. The van der Waals surface area contributed by atoms with Crippen LogP contribution in [0.3, 0.4) is 0 Å². The van der Waals surface area contributed by atoms with Gasteiger partial charge in [0.15, 0.2) is 0 Å². The van der Waals surface area contributed by atoms with E-state index in [1.165, 1.54) is 0 Å². The lowest BCUT2D eigenvalue weighted by atomic mass is 10.0. The van der Waals surface area contributed by atoms with E-state index in [4.69, 9.17) is 9.47 Å². The van der Waals surface area contributed by atoms with Gasteiger partial charge in [-0.15, -0.1) is 0 Å². The molecule has 0 saturated carbocycles. The molecule has 0 bridgehead atoms. The van der Waals surface area contributed by atoms with E-state index in [-0.39, 0.29) is 16.9 Å². The minimum absolute atomic E-state index is 0.234. The van der Waals surface area contributed by atoms with Crippen molar-refractivity contribution in [1.29, 1.82) is 5.26 Å². The Morgan fingerprint density at radius 2 is 1.61 bits per heavy atom. The SMILES string of the molecule is COc1ccc(/C(C#N)=C\c2cccc(OC(=O)CN3C(=O)c4ccccc4C3=O)c2)cc1. The fourth-order valence-electron chi connectivity index (χ4n) is 3.46. The molecule has 3 aromatic carbocycles. The Morgan fingerprint density at radius 1 is 0.939 bits per heavy atom. The summed E-state index contributed by atoms with van der Waals surface area (Å²) in [4.78, 5) is 38.2. The third-order valence-electron chi connectivity index (χ3n) is 5.09. The van der Waals surface area contributed by atoms with Crippen molar-refractivity contribution in [1.82, 2.24) is 4.90 Å². The lowest BCUT2D eigenvalue weighted by Gasteiger charge is -2.13. The van der Waals surface area contributed by atoms with E-state index in [0.29, 0.717) is 22.4 Å². The molecule has 2 amide bonds. The molecule has 4 rings (SSSR count). The molecule has 33 heavy (non-hydrogen) atoms. The van der Waals surface area contributed by atoms with Gasteiger partial charge in [0.1, 0.15) is 18.0 Å². The molecule has 7 heteroatoms. The van der Waals surface area contributed by atoms with Gasteiger partial charge in [-0.3, -0.25) is 14.5 Å². The van der Waals surface area contributed by atoms with Crippen LogP contribution in [0.4, 0.5) is 0 Å². The van der Waals surface area contributed by atoms with Crippen molar-refractivity contribution in [2.75, 3.05) is 13.7 Å². The molecule has 0 spiro atoms. The van der Waals surface area contributed by atoms with Gasteiger partial charge in [-0.2, -0.15) is 5.26 Å². The minimum atomic E-state index is -0.749. The van der Waals surface area contributed by atoms with Gasteiger partial charge in [-0.1, -0.05) is 24.3 Å². The molecule has 1 aliphatic heterocycles. The Morgan fingerprint density at radius 3 is 2.21 bits per heavy atom. The van der Waals surface area contributed by atoms with Gasteiger partial charge in [0, 0.05) is 0 Å². The van der Waals surface area contributed by atoms with Crippen molar-refractivity contribution in [3.8, 4) is 17.6 Å². The molecule has 0 saturated heterocycles. The van der Waals surface area contributed by atoms with Crippen molar-refractivity contribution in [2.45, 2.75) is 0 Å². The Balaban J connectivity index is 1.47. The maximum absolute atomic E-state index is 12.4. The van der Waals surface area contributed by atoms with Crippen LogP contribution in [0, 0.1) is 11.3 Å². The third kappa shape index (κ3) is 4.50. The van der Waals surface area contributed by atoms with Crippen molar-refractivity contribution >= 4 is 29.4 Å². The molecule has 0 N–H and O–H groups in total. The third-order valence-corrected chi connectivity index (χ3v) is 5.09. The molecule has 3 aromatic rings. The van der Waals surface area contributed by atoms with Crippen LogP contribution in [-0.2, 0) is 4.79 Å². The molecule has 0 aliphatic carbocycles. The molecule has 1 heterocycles. The number of carbonyl (C=O) groups is 3. The summed E-state index contributed by atoms with van der Waals surface area (Å²) in [6.45, 7) is -0.498. The fourth-order valence-corrected chi connectivity index (χ4v) is 3.46. The number of ether oxygens (including phenoxy) is 2. The van der Waals surface area contributed by atoms with Gasteiger partial charge in [0.25, 0.3) is 11.8 Å². The molecule has 162 valence electrons. The zero-order valence-electron chi connectivity index (χ0n) is 17.6. The second kappa shape index (κ2) is 9.20. The smallest absolute Gasteiger partial charge is 0.331 e. The van der Waals surface area contributed by atoms with Crippen LogP contribution in [0.2, 0.25) is 0 Å². The highest BCUT2D eigenvalue weighted by molar-refractivity contribution is 6.22. The number of methoxy groups -OCH3 is 1. The predicted molar refractivity (Wildman–Crippen MR) is 120 cm³/mol. The van der Waals surface area contributed by atoms with Gasteiger partial charge in [-0.05, 0) is 65.7 Å². The van der Waals surface area contributed by atoms with Crippen LogP contribution in [0.5, 0.6) is 11.5 Å². The number of benzene rings is 3. The van der Waals surface area contributed by atoms with Crippen LogP contribution in [0.25, 0.3) is 11.6 Å². The Kier molecular flexibility index (Phi) is 6.00. The highest BCUT2D eigenvalue weighted by Crippen LogP contribution is 2.24. The Bertz CT molecular complexity index is 1280. The first-order valence-corrected chi connectivity index (χ1v) is 10.0. The number of carbonyl (C=O) groups excluding carboxylic acids is 3. The van der Waals surface area contributed by atoms with E-state index in [2.05, 4.69) is 6.07 Å². The van der Waals surface area contributed by atoms with Gasteiger partial charge in [0.05, 0.1) is 29.9 Å². The molecule has 0 radical (unpaired) electrons. The maximum Gasteiger partial charge on any atom is 0.331 e. The van der Waals surface area contributed by atoms with Crippen LogP contribution in [0.1, 0.15) is 31.8 Å². The first-order valence-electron chi connectivity index (χ1n) is 10.0. The topological polar surface area (TPSA) is 96.7 Å². The number of esters is 1. The van der Waals surface area contributed by atoms with Crippen molar-refractivity contribution in [3.63, 3.8) is 0 Å². The van der Waals surface area contributed by atoms with Crippen LogP contribution in [0.15, 0.2) is 72.8 Å². The molecular formula is C26H18N2O5. The number of rotatable bonds is 6. The first-order chi connectivity index (χ1) is 16.0. The molecule has 7 nitrogen and oxygen atoms in total. The Labute approximate surface area is 190 Å². The number of fused-ring (bicyclic) bond motifs is 1. The summed E-state index contributed by atoms with van der Waals surface area (Å²) in [6.07, 6.45) is 1.67. The van der Waals surface area contributed by atoms with E-state index in [1.807, 2.05) is 0 Å². The summed E-state index contributed by atoms with van der Waals surface area (Å²) >= 11 is 0. The average molecular weight is 438 g/mol. The zero-order chi connectivity index (χ0) is 23.4.